The first-order valence-electron chi connectivity index (χ1n) is 6.98. The van der Waals surface area contributed by atoms with Gasteiger partial charge in [-0.15, -0.1) is 0 Å². The summed E-state index contributed by atoms with van der Waals surface area (Å²) in [6.45, 7) is 2.53. The zero-order chi connectivity index (χ0) is 15.6. The number of aromatic nitrogens is 2. The lowest BCUT2D eigenvalue weighted by atomic mass is 10.0. The number of nitrogens with zero attached hydrogens (tertiary/aromatic N) is 3. The molecule has 1 N–H and O–H groups in total. The second-order valence-electron chi connectivity index (χ2n) is 5.10. The highest BCUT2D eigenvalue weighted by Crippen LogP contribution is 2.32. The van der Waals surface area contributed by atoms with Gasteiger partial charge in [-0.25, -0.2) is 0 Å². The van der Waals surface area contributed by atoms with Crippen LogP contribution in [0.15, 0.2) is 6.20 Å². The van der Waals surface area contributed by atoms with E-state index in [0.29, 0.717) is 13.1 Å². The third kappa shape index (κ3) is 3.20. The van der Waals surface area contributed by atoms with Gasteiger partial charge < -0.3 is 10.2 Å². The average molecular weight is 304 g/mol. The predicted octanol–water partition coefficient (Wildman–Crippen LogP) is 1.75. The number of alkyl halides is 3. The molecule has 2 rings (SSSR count). The van der Waals surface area contributed by atoms with Gasteiger partial charge in [-0.3, -0.25) is 9.48 Å². The monoisotopic (exact) mass is 304 g/mol. The number of aryl methyl sites for hydroxylation is 1. The number of nitrogens with one attached hydrogen (secondary N) is 1. The van der Waals surface area contributed by atoms with Crippen LogP contribution >= 0.6 is 0 Å². The highest BCUT2D eigenvalue weighted by atomic mass is 19.4. The zero-order valence-electron chi connectivity index (χ0n) is 12.1. The Kier molecular flexibility index (Phi) is 4.55. The number of halogens is 3. The number of carbonyl (C=O) groups excluding carboxylic acids is 1. The van der Waals surface area contributed by atoms with Crippen LogP contribution in [0.3, 0.4) is 0 Å². The minimum absolute atomic E-state index is 0.0707. The molecule has 0 bridgehead atoms. The summed E-state index contributed by atoms with van der Waals surface area (Å²) >= 11 is 0. The third-order valence-electron chi connectivity index (χ3n) is 3.75. The van der Waals surface area contributed by atoms with E-state index in [1.165, 1.54) is 4.90 Å². The highest BCUT2D eigenvalue weighted by Gasteiger charge is 2.41. The van der Waals surface area contributed by atoms with Crippen LogP contribution in [0.1, 0.15) is 35.8 Å². The Hall–Kier alpha value is -1.57. The van der Waals surface area contributed by atoms with E-state index >= 15 is 0 Å². The lowest BCUT2D eigenvalue weighted by Gasteiger charge is -2.32. The molecule has 1 aromatic rings. The molecule has 0 aromatic carbocycles. The molecule has 0 aliphatic carbocycles. The Morgan fingerprint density at radius 2 is 2.24 bits per heavy atom. The van der Waals surface area contributed by atoms with Gasteiger partial charge in [-0.2, -0.15) is 18.3 Å². The zero-order valence-corrected chi connectivity index (χ0v) is 12.1. The van der Waals surface area contributed by atoms with E-state index in [0.717, 1.165) is 23.7 Å². The molecule has 1 saturated heterocycles. The number of hydrogen-bond acceptors (Lipinski definition) is 3. The number of rotatable bonds is 3. The number of amides is 1. The molecule has 1 atom stereocenters. The van der Waals surface area contributed by atoms with Gasteiger partial charge in [0.1, 0.15) is 0 Å². The fourth-order valence-electron chi connectivity index (χ4n) is 2.65. The van der Waals surface area contributed by atoms with E-state index in [2.05, 4.69) is 10.4 Å². The first-order chi connectivity index (χ1) is 9.88. The molecule has 0 radical (unpaired) electrons. The van der Waals surface area contributed by atoms with Crippen molar-refractivity contribution >= 4 is 5.91 Å². The second-order valence-corrected chi connectivity index (χ2v) is 5.10. The Morgan fingerprint density at radius 1 is 1.52 bits per heavy atom. The van der Waals surface area contributed by atoms with Crippen molar-refractivity contribution in [3.05, 3.63) is 17.5 Å². The topological polar surface area (TPSA) is 50.2 Å². The van der Waals surface area contributed by atoms with Crippen molar-refractivity contribution in [1.82, 2.24) is 20.0 Å². The van der Waals surface area contributed by atoms with E-state index < -0.39 is 17.8 Å². The molecule has 1 aromatic heterocycles. The molecule has 0 spiro atoms. The summed E-state index contributed by atoms with van der Waals surface area (Å²) in [7, 11) is 1.79. The summed E-state index contributed by atoms with van der Waals surface area (Å²) in [5.41, 5.74) is -1.32. The summed E-state index contributed by atoms with van der Waals surface area (Å²) < 4.78 is 40.3. The second kappa shape index (κ2) is 6.05. The van der Waals surface area contributed by atoms with Crippen LogP contribution in [-0.4, -0.2) is 46.8 Å². The number of hydrogen-bond donors (Lipinski definition) is 1. The molecular formula is C13H19F3N4O. The summed E-state index contributed by atoms with van der Waals surface area (Å²) in [6.07, 6.45) is -1.87. The molecule has 0 saturated carbocycles. The van der Waals surface area contributed by atoms with Crippen molar-refractivity contribution in [3.63, 3.8) is 0 Å². The molecule has 2 heterocycles. The van der Waals surface area contributed by atoms with Gasteiger partial charge in [0.25, 0.3) is 5.91 Å². The normalized spacial score (nSPS) is 19.9. The summed E-state index contributed by atoms with van der Waals surface area (Å²) in [6, 6.07) is 0.123. The van der Waals surface area contributed by atoms with Crippen molar-refractivity contribution in [1.29, 1.82) is 0 Å². The summed E-state index contributed by atoms with van der Waals surface area (Å²) in [4.78, 5) is 13.9. The lowest BCUT2D eigenvalue weighted by Crippen LogP contribution is -2.47. The van der Waals surface area contributed by atoms with Crippen molar-refractivity contribution in [2.45, 2.75) is 38.5 Å². The fourth-order valence-corrected chi connectivity index (χ4v) is 2.65. The van der Waals surface area contributed by atoms with Gasteiger partial charge in [0.05, 0.1) is 11.8 Å². The van der Waals surface area contributed by atoms with Crippen LogP contribution in [0.25, 0.3) is 0 Å². The standard InChI is InChI=1S/C13H19F3N4O/c1-3-20-11(13(14,15)16)10(7-18-20)12(21)19-6-4-5-9(8-19)17-2/h7,9,17H,3-6,8H2,1-2H3/t9-/m1/s1. The average Bonchev–Trinajstić information content (AvgIpc) is 2.90. The minimum Gasteiger partial charge on any atom is -0.337 e. The minimum atomic E-state index is -4.59. The van der Waals surface area contributed by atoms with E-state index in [9.17, 15) is 18.0 Å². The van der Waals surface area contributed by atoms with E-state index in [1.807, 2.05) is 0 Å². The molecule has 118 valence electrons. The molecular weight excluding hydrogens is 285 g/mol. The first-order valence-corrected chi connectivity index (χ1v) is 6.98. The number of piperidine rings is 1. The first kappa shape index (κ1) is 15.8. The number of likely N-dealkylation sites (tertiary alicyclic amines) is 1. The molecule has 5 nitrogen and oxygen atoms in total. The van der Waals surface area contributed by atoms with Gasteiger partial charge in [0.15, 0.2) is 5.69 Å². The van der Waals surface area contributed by atoms with E-state index in [1.54, 1.807) is 14.0 Å². The van der Waals surface area contributed by atoms with Crippen LogP contribution in [0.4, 0.5) is 13.2 Å². The smallest absolute Gasteiger partial charge is 0.337 e. The Morgan fingerprint density at radius 3 is 2.81 bits per heavy atom. The summed E-state index contributed by atoms with van der Waals surface area (Å²) in [5.74, 6) is -0.595. The fraction of sp³-hybridized carbons (Fsp3) is 0.692. The lowest BCUT2D eigenvalue weighted by molar-refractivity contribution is -0.144. The van der Waals surface area contributed by atoms with Crippen molar-refractivity contribution in [2.24, 2.45) is 0 Å². The maximum atomic E-state index is 13.2. The van der Waals surface area contributed by atoms with Gasteiger partial charge in [0, 0.05) is 25.7 Å². The quantitative estimate of drug-likeness (QED) is 0.925. The molecule has 21 heavy (non-hydrogen) atoms. The number of likely N-dealkylation sites (N-methyl/N-ethyl adjacent to an activating group) is 1. The molecule has 1 aliphatic rings. The largest absolute Gasteiger partial charge is 0.433 e. The van der Waals surface area contributed by atoms with Gasteiger partial charge in [-0.05, 0) is 26.8 Å². The molecule has 1 aliphatic heterocycles. The van der Waals surface area contributed by atoms with Crippen LogP contribution < -0.4 is 5.32 Å². The van der Waals surface area contributed by atoms with Crippen molar-refractivity contribution in [2.75, 3.05) is 20.1 Å². The van der Waals surface area contributed by atoms with Crippen LogP contribution in [0.2, 0.25) is 0 Å². The van der Waals surface area contributed by atoms with E-state index in [4.69, 9.17) is 0 Å². The van der Waals surface area contributed by atoms with E-state index in [-0.39, 0.29) is 18.2 Å². The highest BCUT2D eigenvalue weighted by molar-refractivity contribution is 5.95. The molecule has 1 fully saturated rings. The van der Waals surface area contributed by atoms with Gasteiger partial charge in [-0.1, -0.05) is 0 Å². The predicted molar refractivity (Wildman–Crippen MR) is 70.9 cm³/mol. The summed E-state index contributed by atoms with van der Waals surface area (Å²) in [5, 5.41) is 6.75. The molecule has 0 unspecified atom stereocenters. The van der Waals surface area contributed by atoms with Crippen molar-refractivity contribution < 1.29 is 18.0 Å². The van der Waals surface area contributed by atoms with Gasteiger partial charge >= 0.3 is 6.18 Å². The molecule has 1 amide bonds. The Balaban J connectivity index is 2.29. The maximum Gasteiger partial charge on any atom is 0.433 e. The third-order valence-corrected chi connectivity index (χ3v) is 3.75. The number of carbonyl (C=O) groups is 1. The van der Waals surface area contributed by atoms with Crippen LogP contribution in [0, 0.1) is 0 Å². The Labute approximate surface area is 121 Å². The SMILES string of the molecule is CCn1ncc(C(=O)N2CCC[C@@H](NC)C2)c1C(F)(F)F. The molecule has 8 heteroatoms. The van der Waals surface area contributed by atoms with Crippen LogP contribution in [-0.2, 0) is 12.7 Å². The van der Waals surface area contributed by atoms with Crippen molar-refractivity contribution in [3.8, 4) is 0 Å². The Bertz CT molecular complexity index is 512. The van der Waals surface area contributed by atoms with Crippen LogP contribution in [0.5, 0.6) is 0 Å². The van der Waals surface area contributed by atoms with Gasteiger partial charge in [0.2, 0.25) is 0 Å². The maximum absolute atomic E-state index is 13.2.